The van der Waals surface area contributed by atoms with Crippen molar-refractivity contribution < 1.29 is 0 Å². The van der Waals surface area contributed by atoms with Crippen LogP contribution in [0.25, 0.3) is 11.3 Å². The Kier molecular flexibility index (Phi) is 4.86. The molecule has 2 aromatic carbocycles. The van der Waals surface area contributed by atoms with Crippen LogP contribution in [0.1, 0.15) is 12.5 Å². The van der Waals surface area contributed by atoms with Crippen LogP contribution >= 0.6 is 15.9 Å². The number of aromatic nitrogens is 2. The predicted octanol–water partition coefficient (Wildman–Crippen LogP) is 4.04. The van der Waals surface area contributed by atoms with Gasteiger partial charge in [0.1, 0.15) is 0 Å². The van der Waals surface area contributed by atoms with E-state index in [1.807, 2.05) is 61.5 Å². The molecule has 0 aliphatic carbocycles. The van der Waals surface area contributed by atoms with Crippen molar-refractivity contribution in [3.8, 4) is 11.3 Å². The average Bonchev–Trinajstić information content (AvgIpc) is 2.60. The molecule has 0 amide bonds. The third-order valence-electron chi connectivity index (χ3n) is 3.40. The zero-order chi connectivity index (χ0) is 16.9. The number of benzene rings is 2. The van der Waals surface area contributed by atoms with E-state index < -0.39 is 0 Å². The summed E-state index contributed by atoms with van der Waals surface area (Å²) in [5, 5.41) is 4.29. The molecule has 2 N–H and O–H groups in total. The van der Waals surface area contributed by atoms with Crippen molar-refractivity contribution in [3.63, 3.8) is 0 Å². The summed E-state index contributed by atoms with van der Waals surface area (Å²) < 4.78 is 1.01. The van der Waals surface area contributed by atoms with Gasteiger partial charge in [0.15, 0.2) is 0 Å². The maximum atomic E-state index is 11.8. The highest BCUT2D eigenvalue weighted by Gasteiger charge is 2.04. The maximum Gasteiger partial charge on any atom is 0.252 e. The van der Waals surface area contributed by atoms with Crippen LogP contribution in [0.2, 0.25) is 0 Å². The highest BCUT2D eigenvalue weighted by Crippen LogP contribution is 2.15. The fourth-order valence-corrected chi connectivity index (χ4v) is 2.42. The number of nitrogens with zero attached hydrogens (tertiary/aromatic N) is 2. The number of hydrogen-bond donors (Lipinski definition) is 2. The lowest BCUT2D eigenvalue weighted by molar-refractivity contribution is 1.08. The Bertz CT molecular complexity index is 918. The van der Waals surface area contributed by atoms with Crippen molar-refractivity contribution >= 4 is 27.6 Å². The zero-order valence-electron chi connectivity index (χ0n) is 13.0. The Morgan fingerprint density at radius 1 is 1.12 bits per heavy atom. The first-order valence-corrected chi connectivity index (χ1v) is 8.14. The lowest BCUT2D eigenvalue weighted by atomic mass is 10.1. The van der Waals surface area contributed by atoms with Crippen molar-refractivity contribution in [3.05, 3.63) is 81.1 Å². The van der Waals surface area contributed by atoms with Crippen LogP contribution in [-0.2, 0) is 0 Å². The molecule has 1 heterocycles. The fraction of sp³-hybridized carbons (Fsp3) is 0.0556. The highest BCUT2D eigenvalue weighted by molar-refractivity contribution is 9.10. The van der Waals surface area contributed by atoms with Crippen molar-refractivity contribution in [2.24, 2.45) is 5.10 Å². The van der Waals surface area contributed by atoms with E-state index in [4.69, 9.17) is 0 Å². The molecule has 120 valence electrons. The number of anilines is 1. The van der Waals surface area contributed by atoms with Gasteiger partial charge in [-0.2, -0.15) is 5.10 Å². The fourth-order valence-electron chi connectivity index (χ4n) is 2.16. The Balaban J connectivity index is 1.85. The molecule has 0 radical (unpaired) electrons. The number of hydrogen-bond acceptors (Lipinski definition) is 4. The number of H-pyrrole nitrogens is 1. The second-order valence-corrected chi connectivity index (χ2v) is 6.08. The van der Waals surface area contributed by atoms with Crippen molar-refractivity contribution in [2.75, 3.05) is 5.43 Å². The van der Waals surface area contributed by atoms with Gasteiger partial charge in [0, 0.05) is 16.1 Å². The van der Waals surface area contributed by atoms with E-state index in [1.165, 1.54) is 6.07 Å². The average molecular weight is 383 g/mol. The molecule has 0 aliphatic rings. The van der Waals surface area contributed by atoms with Gasteiger partial charge < -0.3 is 0 Å². The molecule has 0 saturated carbocycles. The molecular formula is C18H15BrN4O. The predicted molar refractivity (Wildman–Crippen MR) is 100 cm³/mol. The van der Waals surface area contributed by atoms with Crippen LogP contribution in [0.4, 0.5) is 5.95 Å². The first-order chi connectivity index (χ1) is 11.6. The molecule has 5 nitrogen and oxygen atoms in total. The van der Waals surface area contributed by atoms with Gasteiger partial charge in [-0.3, -0.25) is 9.78 Å². The van der Waals surface area contributed by atoms with Crippen LogP contribution in [0, 0.1) is 0 Å². The van der Waals surface area contributed by atoms with Gasteiger partial charge in [0.2, 0.25) is 5.95 Å². The molecule has 0 spiro atoms. The van der Waals surface area contributed by atoms with Crippen LogP contribution < -0.4 is 11.0 Å². The molecule has 3 aromatic rings. The van der Waals surface area contributed by atoms with E-state index in [0.717, 1.165) is 21.3 Å². The Hall–Kier alpha value is -2.73. The lowest BCUT2D eigenvalue weighted by Gasteiger charge is -2.05. The van der Waals surface area contributed by atoms with Crippen LogP contribution in [0.5, 0.6) is 0 Å². The minimum atomic E-state index is -0.233. The molecule has 0 saturated heterocycles. The largest absolute Gasteiger partial charge is 0.291 e. The third-order valence-corrected chi connectivity index (χ3v) is 3.93. The van der Waals surface area contributed by atoms with E-state index in [9.17, 15) is 4.79 Å². The number of hydrazone groups is 1. The highest BCUT2D eigenvalue weighted by atomic mass is 79.9. The number of aromatic amines is 1. The van der Waals surface area contributed by atoms with Gasteiger partial charge in [0.05, 0.1) is 11.4 Å². The molecule has 0 aliphatic heterocycles. The topological polar surface area (TPSA) is 70.1 Å². The minimum absolute atomic E-state index is 0.233. The number of halogens is 1. The van der Waals surface area contributed by atoms with Gasteiger partial charge in [-0.1, -0.05) is 58.4 Å². The summed E-state index contributed by atoms with van der Waals surface area (Å²) in [6, 6.07) is 18.8. The van der Waals surface area contributed by atoms with E-state index in [-0.39, 0.29) is 5.56 Å². The molecule has 0 bridgehead atoms. The molecule has 0 unspecified atom stereocenters. The first-order valence-electron chi connectivity index (χ1n) is 7.35. The lowest BCUT2D eigenvalue weighted by Crippen LogP contribution is -2.11. The van der Waals surface area contributed by atoms with Crippen molar-refractivity contribution in [2.45, 2.75) is 6.92 Å². The summed E-state index contributed by atoms with van der Waals surface area (Å²) in [5.74, 6) is 0.304. The zero-order valence-corrected chi connectivity index (χ0v) is 14.5. The monoisotopic (exact) mass is 382 g/mol. The van der Waals surface area contributed by atoms with Gasteiger partial charge in [0.25, 0.3) is 5.56 Å². The molecule has 0 fully saturated rings. The molecule has 24 heavy (non-hydrogen) atoms. The Morgan fingerprint density at radius 2 is 1.83 bits per heavy atom. The smallest absolute Gasteiger partial charge is 0.252 e. The van der Waals surface area contributed by atoms with Crippen LogP contribution in [-0.4, -0.2) is 15.7 Å². The van der Waals surface area contributed by atoms with E-state index >= 15 is 0 Å². The van der Waals surface area contributed by atoms with Crippen LogP contribution in [0.15, 0.2) is 75.0 Å². The second kappa shape index (κ2) is 7.23. The standard InChI is InChI=1S/C18H15BrN4O/c1-12(13-7-9-15(19)10-8-13)22-23-18-20-16(11-17(24)21-18)14-5-3-2-4-6-14/h2-11H,1H3,(H2,20,21,23,24)/b22-12-. The van der Waals surface area contributed by atoms with E-state index in [0.29, 0.717) is 11.6 Å². The molecule has 1 aromatic heterocycles. The summed E-state index contributed by atoms with van der Waals surface area (Å²) in [6.07, 6.45) is 0. The molecule has 6 heteroatoms. The van der Waals surface area contributed by atoms with Gasteiger partial charge in [-0.05, 0) is 24.6 Å². The third kappa shape index (κ3) is 3.97. The second-order valence-electron chi connectivity index (χ2n) is 5.16. The molecular weight excluding hydrogens is 368 g/mol. The Morgan fingerprint density at radius 3 is 2.54 bits per heavy atom. The van der Waals surface area contributed by atoms with Gasteiger partial charge >= 0.3 is 0 Å². The summed E-state index contributed by atoms with van der Waals surface area (Å²) >= 11 is 3.40. The van der Waals surface area contributed by atoms with Crippen molar-refractivity contribution in [1.29, 1.82) is 0 Å². The van der Waals surface area contributed by atoms with Crippen molar-refractivity contribution in [1.82, 2.24) is 9.97 Å². The SMILES string of the molecule is C/C(=N/Nc1nc(-c2ccccc2)cc(=O)[nH]1)c1ccc(Br)cc1. The number of rotatable bonds is 4. The summed E-state index contributed by atoms with van der Waals surface area (Å²) in [7, 11) is 0. The Labute approximate surface area is 147 Å². The number of nitrogens with one attached hydrogen (secondary N) is 2. The summed E-state index contributed by atoms with van der Waals surface area (Å²) in [4.78, 5) is 18.9. The van der Waals surface area contributed by atoms with E-state index in [2.05, 4.69) is 36.4 Å². The van der Waals surface area contributed by atoms with Gasteiger partial charge in [-0.15, -0.1) is 0 Å². The minimum Gasteiger partial charge on any atom is -0.291 e. The maximum absolute atomic E-state index is 11.8. The summed E-state index contributed by atoms with van der Waals surface area (Å²) in [6.45, 7) is 1.88. The van der Waals surface area contributed by atoms with Crippen LogP contribution in [0.3, 0.4) is 0 Å². The normalized spacial score (nSPS) is 11.3. The summed E-state index contributed by atoms with van der Waals surface area (Å²) in [5.41, 5.74) is 5.82. The first kappa shape index (κ1) is 16.1. The van der Waals surface area contributed by atoms with Gasteiger partial charge in [-0.25, -0.2) is 10.4 Å². The van der Waals surface area contributed by atoms with E-state index in [1.54, 1.807) is 0 Å². The quantitative estimate of drug-likeness (QED) is 0.528. The molecule has 0 atom stereocenters. The molecule has 3 rings (SSSR count).